The van der Waals surface area contributed by atoms with Gasteiger partial charge in [0.15, 0.2) is 0 Å². The van der Waals surface area contributed by atoms with E-state index in [1.165, 1.54) is 0 Å². The van der Waals surface area contributed by atoms with Crippen LogP contribution in [0.1, 0.15) is 25.6 Å². The molecule has 1 heterocycles. The fourth-order valence-electron chi connectivity index (χ4n) is 1.66. The predicted molar refractivity (Wildman–Crippen MR) is 71.8 cm³/mol. The minimum atomic E-state index is -0.657. The number of aliphatic hydroxyl groups excluding tert-OH is 1. The van der Waals surface area contributed by atoms with Crippen LogP contribution in [0.25, 0.3) is 0 Å². The molecule has 0 saturated carbocycles. The third-order valence-corrected chi connectivity index (χ3v) is 2.84. The molecule has 0 spiro atoms. The second-order valence-corrected chi connectivity index (χ2v) is 5.07. The van der Waals surface area contributed by atoms with Crippen LogP contribution in [0.2, 0.25) is 5.02 Å². The first-order chi connectivity index (χ1) is 8.56. The van der Waals surface area contributed by atoms with Gasteiger partial charge in [0.1, 0.15) is 6.10 Å². The molecular weight excluding hydrogens is 254 g/mol. The van der Waals surface area contributed by atoms with Gasteiger partial charge >= 0.3 is 0 Å². The standard InChI is InChI=1S/C12H22ClN3O2/c1-9(2)6-14-8-11(17)12-10(13)7-15-16(12)4-5-18-3/h7,9,11,14,17H,4-6,8H2,1-3H3. The third kappa shape index (κ3) is 4.57. The lowest BCUT2D eigenvalue weighted by molar-refractivity contribution is 0.150. The second-order valence-electron chi connectivity index (χ2n) is 4.66. The van der Waals surface area contributed by atoms with Crippen molar-refractivity contribution in [3.63, 3.8) is 0 Å². The first-order valence-electron chi connectivity index (χ1n) is 6.15. The second kappa shape index (κ2) is 7.74. The fourth-order valence-corrected chi connectivity index (χ4v) is 1.93. The van der Waals surface area contributed by atoms with Crippen molar-refractivity contribution in [3.8, 4) is 0 Å². The normalized spacial score (nSPS) is 13.2. The van der Waals surface area contributed by atoms with Crippen LogP contribution in [-0.4, -0.2) is 41.7 Å². The average Bonchev–Trinajstić information content (AvgIpc) is 2.67. The molecule has 18 heavy (non-hydrogen) atoms. The van der Waals surface area contributed by atoms with Crippen molar-refractivity contribution in [3.05, 3.63) is 16.9 Å². The van der Waals surface area contributed by atoms with Crippen molar-refractivity contribution >= 4 is 11.6 Å². The molecule has 1 atom stereocenters. The number of aromatic nitrogens is 2. The van der Waals surface area contributed by atoms with Crippen LogP contribution in [-0.2, 0) is 11.3 Å². The number of nitrogens with one attached hydrogen (secondary N) is 1. The number of hydrogen-bond donors (Lipinski definition) is 2. The first-order valence-corrected chi connectivity index (χ1v) is 6.53. The van der Waals surface area contributed by atoms with Gasteiger partial charge in [-0.3, -0.25) is 4.68 Å². The summed E-state index contributed by atoms with van der Waals surface area (Å²) in [5, 5.41) is 18.0. The average molecular weight is 276 g/mol. The molecule has 0 saturated heterocycles. The zero-order valence-corrected chi connectivity index (χ0v) is 11.9. The summed E-state index contributed by atoms with van der Waals surface area (Å²) in [5.41, 5.74) is 0.643. The summed E-state index contributed by atoms with van der Waals surface area (Å²) in [6.45, 7) is 6.69. The van der Waals surface area contributed by atoms with E-state index < -0.39 is 6.10 Å². The van der Waals surface area contributed by atoms with Gasteiger partial charge in [-0.2, -0.15) is 5.10 Å². The molecule has 0 fully saturated rings. The lowest BCUT2D eigenvalue weighted by Crippen LogP contribution is -2.27. The minimum absolute atomic E-state index is 0.469. The minimum Gasteiger partial charge on any atom is -0.385 e. The van der Waals surface area contributed by atoms with Gasteiger partial charge in [0.25, 0.3) is 0 Å². The molecule has 0 radical (unpaired) electrons. The summed E-state index contributed by atoms with van der Waals surface area (Å²) in [4.78, 5) is 0. The van der Waals surface area contributed by atoms with Crippen LogP contribution in [0.4, 0.5) is 0 Å². The zero-order chi connectivity index (χ0) is 13.5. The van der Waals surface area contributed by atoms with Gasteiger partial charge in [0.2, 0.25) is 0 Å². The molecule has 0 aliphatic heterocycles. The molecule has 1 aromatic heterocycles. The van der Waals surface area contributed by atoms with Gasteiger partial charge in [-0.15, -0.1) is 0 Å². The molecule has 0 aliphatic rings. The summed E-state index contributed by atoms with van der Waals surface area (Å²) < 4.78 is 6.69. The van der Waals surface area contributed by atoms with Gasteiger partial charge in [-0.05, 0) is 12.5 Å². The van der Waals surface area contributed by atoms with Crippen LogP contribution in [0.15, 0.2) is 6.20 Å². The van der Waals surface area contributed by atoms with E-state index in [4.69, 9.17) is 16.3 Å². The summed E-state index contributed by atoms with van der Waals surface area (Å²) >= 11 is 6.05. The highest BCUT2D eigenvalue weighted by atomic mass is 35.5. The highest BCUT2D eigenvalue weighted by Crippen LogP contribution is 2.22. The molecule has 5 nitrogen and oxygen atoms in total. The summed E-state index contributed by atoms with van der Waals surface area (Å²) in [7, 11) is 1.63. The molecule has 6 heteroatoms. The Morgan fingerprint density at radius 3 is 2.83 bits per heavy atom. The number of ether oxygens (including phenoxy) is 1. The van der Waals surface area contributed by atoms with E-state index in [1.54, 1.807) is 18.0 Å². The maximum absolute atomic E-state index is 10.1. The van der Waals surface area contributed by atoms with Crippen molar-refractivity contribution in [2.75, 3.05) is 26.8 Å². The van der Waals surface area contributed by atoms with Crippen LogP contribution in [0.5, 0.6) is 0 Å². The van der Waals surface area contributed by atoms with Gasteiger partial charge in [-0.25, -0.2) is 0 Å². The number of rotatable bonds is 8. The molecule has 0 aromatic carbocycles. The summed E-state index contributed by atoms with van der Waals surface area (Å²) in [6.07, 6.45) is 0.897. The van der Waals surface area contributed by atoms with Crippen molar-refractivity contribution in [2.45, 2.75) is 26.5 Å². The Kier molecular flexibility index (Phi) is 6.63. The largest absolute Gasteiger partial charge is 0.385 e. The molecule has 0 amide bonds. The van der Waals surface area contributed by atoms with E-state index in [1.807, 2.05) is 0 Å². The highest BCUT2D eigenvalue weighted by Gasteiger charge is 2.17. The van der Waals surface area contributed by atoms with Crippen molar-refractivity contribution in [2.24, 2.45) is 5.92 Å². The third-order valence-electron chi connectivity index (χ3n) is 2.55. The maximum atomic E-state index is 10.1. The van der Waals surface area contributed by atoms with Crippen LogP contribution < -0.4 is 5.32 Å². The number of halogens is 1. The SMILES string of the molecule is COCCn1ncc(Cl)c1C(O)CNCC(C)C. The Labute approximate surface area is 113 Å². The smallest absolute Gasteiger partial charge is 0.110 e. The van der Waals surface area contributed by atoms with E-state index in [0.29, 0.717) is 36.3 Å². The lowest BCUT2D eigenvalue weighted by atomic mass is 10.2. The molecule has 0 aliphatic carbocycles. The molecule has 1 rings (SSSR count). The van der Waals surface area contributed by atoms with Gasteiger partial charge in [0.05, 0.1) is 30.1 Å². The van der Waals surface area contributed by atoms with Crippen LogP contribution >= 0.6 is 11.6 Å². The quantitative estimate of drug-likeness (QED) is 0.754. The Bertz CT molecular complexity index is 355. The van der Waals surface area contributed by atoms with E-state index in [-0.39, 0.29) is 0 Å². The molecule has 2 N–H and O–H groups in total. The fraction of sp³-hybridized carbons (Fsp3) is 0.750. The Morgan fingerprint density at radius 2 is 2.22 bits per heavy atom. The van der Waals surface area contributed by atoms with E-state index >= 15 is 0 Å². The van der Waals surface area contributed by atoms with E-state index in [9.17, 15) is 5.11 Å². The van der Waals surface area contributed by atoms with Crippen LogP contribution in [0, 0.1) is 5.92 Å². The van der Waals surface area contributed by atoms with Crippen LogP contribution in [0.3, 0.4) is 0 Å². The first kappa shape index (κ1) is 15.4. The van der Waals surface area contributed by atoms with Gasteiger partial charge in [0, 0.05) is 13.7 Å². The summed E-state index contributed by atoms with van der Waals surface area (Å²) in [6, 6.07) is 0. The number of aliphatic hydroxyl groups is 1. The van der Waals surface area contributed by atoms with E-state index in [0.717, 1.165) is 6.54 Å². The van der Waals surface area contributed by atoms with Gasteiger partial charge in [-0.1, -0.05) is 25.4 Å². The summed E-state index contributed by atoms with van der Waals surface area (Å²) in [5.74, 6) is 0.547. The highest BCUT2D eigenvalue weighted by molar-refractivity contribution is 6.31. The predicted octanol–water partition coefficient (Wildman–Crippen LogP) is 1.46. The molecule has 104 valence electrons. The van der Waals surface area contributed by atoms with Gasteiger partial charge < -0.3 is 15.2 Å². The maximum Gasteiger partial charge on any atom is 0.110 e. The Morgan fingerprint density at radius 1 is 1.50 bits per heavy atom. The van der Waals surface area contributed by atoms with Crippen molar-refractivity contribution in [1.82, 2.24) is 15.1 Å². The number of hydrogen-bond acceptors (Lipinski definition) is 4. The van der Waals surface area contributed by atoms with Crippen molar-refractivity contribution in [1.29, 1.82) is 0 Å². The monoisotopic (exact) mass is 275 g/mol. The number of nitrogens with zero attached hydrogens (tertiary/aromatic N) is 2. The zero-order valence-electron chi connectivity index (χ0n) is 11.2. The molecule has 1 unspecified atom stereocenters. The topological polar surface area (TPSA) is 59.3 Å². The molecule has 1 aromatic rings. The van der Waals surface area contributed by atoms with E-state index in [2.05, 4.69) is 24.3 Å². The van der Waals surface area contributed by atoms with Crippen molar-refractivity contribution < 1.29 is 9.84 Å². The Balaban J connectivity index is 2.59. The molecular formula is C12H22ClN3O2. The number of methoxy groups -OCH3 is 1. The molecule has 0 bridgehead atoms. The Hall–Kier alpha value is -0.620. The lowest BCUT2D eigenvalue weighted by Gasteiger charge is -2.15.